The lowest BCUT2D eigenvalue weighted by molar-refractivity contribution is -0.162. The number of benzene rings is 1. The van der Waals surface area contributed by atoms with Gasteiger partial charge in [0.05, 0.1) is 19.3 Å². The second kappa shape index (κ2) is 8.27. The molecular weight excluding hydrogens is 372 g/mol. The normalized spacial score (nSPS) is 18.9. The molecule has 1 spiro atoms. The minimum atomic E-state index is -0.827. The fourth-order valence-electron chi connectivity index (χ4n) is 4.05. The summed E-state index contributed by atoms with van der Waals surface area (Å²) in [6.45, 7) is 4.98. The minimum absolute atomic E-state index is 0.176. The zero-order chi connectivity index (χ0) is 21.2. The number of carbonyl (C=O) groups excluding carboxylic acids is 2. The molecule has 0 aromatic heterocycles. The van der Waals surface area contributed by atoms with Crippen LogP contribution in [0.4, 0.5) is 4.79 Å². The van der Waals surface area contributed by atoms with E-state index in [0.717, 1.165) is 5.56 Å². The standard InChI is InChI=1S/C22H26N2O5/c1-6-16-9-8-15(3)14-17(16)18-19(29-21(26)28-7-2)22(23(4)20(18)25)10-12-24(27-5)13-11-22/h1,8-9,14H,7,10-13H2,2-5H3. The number of terminal acetylenes is 1. The molecule has 1 aromatic carbocycles. The van der Waals surface area contributed by atoms with Crippen molar-refractivity contribution < 1.29 is 23.9 Å². The van der Waals surface area contributed by atoms with E-state index in [9.17, 15) is 9.59 Å². The molecule has 0 N–H and O–H groups in total. The molecule has 0 radical (unpaired) electrons. The van der Waals surface area contributed by atoms with E-state index in [0.29, 0.717) is 48.4 Å². The van der Waals surface area contributed by atoms with Gasteiger partial charge < -0.3 is 19.2 Å². The molecule has 0 atom stereocenters. The number of amides is 1. The number of ether oxygens (including phenoxy) is 2. The SMILES string of the molecule is C#Cc1ccc(C)cc1C1=C(OC(=O)OCC)C2(CCN(OC)CC2)N(C)C1=O. The molecule has 154 valence electrons. The molecule has 1 fully saturated rings. The first-order valence-corrected chi connectivity index (χ1v) is 9.62. The topological polar surface area (TPSA) is 68.3 Å². The Kier molecular flexibility index (Phi) is 5.96. The highest BCUT2D eigenvalue weighted by atomic mass is 16.7. The molecule has 2 aliphatic rings. The average Bonchev–Trinajstić information content (AvgIpc) is 2.90. The monoisotopic (exact) mass is 398 g/mol. The Balaban J connectivity index is 2.18. The van der Waals surface area contributed by atoms with Gasteiger partial charge in [-0.1, -0.05) is 17.6 Å². The van der Waals surface area contributed by atoms with Crippen LogP contribution in [0.25, 0.3) is 5.57 Å². The average molecular weight is 398 g/mol. The number of hydrogen-bond acceptors (Lipinski definition) is 6. The van der Waals surface area contributed by atoms with Crippen molar-refractivity contribution in [1.29, 1.82) is 0 Å². The van der Waals surface area contributed by atoms with Gasteiger partial charge in [0.15, 0.2) is 5.76 Å². The third-order valence-electron chi connectivity index (χ3n) is 5.67. The van der Waals surface area contributed by atoms with Gasteiger partial charge in [-0.05, 0) is 38.8 Å². The second-order valence-corrected chi connectivity index (χ2v) is 7.19. The Morgan fingerprint density at radius 2 is 2.00 bits per heavy atom. The Bertz CT molecular complexity index is 891. The molecule has 0 aliphatic carbocycles. The van der Waals surface area contributed by atoms with Crippen LogP contribution >= 0.6 is 0 Å². The zero-order valence-corrected chi connectivity index (χ0v) is 17.3. The van der Waals surface area contributed by atoms with Gasteiger partial charge in [-0.25, -0.2) is 4.79 Å². The third-order valence-corrected chi connectivity index (χ3v) is 5.67. The number of likely N-dealkylation sites (N-methyl/N-ethyl adjacent to an activating group) is 1. The summed E-state index contributed by atoms with van der Waals surface area (Å²) in [7, 11) is 3.35. The van der Waals surface area contributed by atoms with E-state index < -0.39 is 11.7 Å². The van der Waals surface area contributed by atoms with Crippen molar-refractivity contribution in [2.75, 3.05) is 33.9 Å². The van der Waals surface area contributed by atoms with Gasteiger partial charge in [-0.15, -0.1) is 6.42 Å². The van der Waals surface area contributed by atoms with E-state index in [-0.39, 0.29) is 12.5 Å². The molecule has 29 heavy (non-hydrogen) atoms. The summed E-state index contributed by atoms with van der Waals surface area (Å²) in [5, 5.41) is 1.82. The summed E-state index contributed by atoms with van der Waals surface area (Å²) in [6, 6.07) is 5.54. The maximum atomic E-state index is 13.4. The van der Waals surface area contributed by atoms with Crippen LogP contribution in [0, 0.1) is 19.3 Å². The van der Waals surface area contributed by atoms with Crippen LogP contribution < -0.4 is 0 Å². The highest BCUT2D eigenvalue weighted by Gasteiger charge is 2.54. The molecule has 7 nitrogen and oxygen atoms in total. The molecule has 0 bridgehead atoms. The molecule has 1 saturated heterocycles. The van der Waals surface area contributed by atoms with E-state index in [1.165, 1.54) is 0 Å². The quantitative estimate of drug-likeness (QED) is 0.574. The van der Waals surface area contributed by atoms with Gasteiger partial charge in [0.1, 0.15) is 5.54 Å². The summed E-state index contributed by atoms with van der Waals surface area (Å²) in [6.07, 6.45) is 5.98. The number of rotatable bonds is 4. The van der Waals surface area contributed by atoms with Gasteiger partial charge in [-0.2, -0.15) is 5.06 Å². The Morgan fingerprint density at radius 3 is 2.59 bits per heavy atom. The molecule has 1 amide bonds. The van der Waals surface area contributed by atoms with Gasteiger partial charge in [0.2, 0.25) is 0 Å². The lowest BCUT2D eigenvalue weighted by atomic mass is 9.84. The smallest absolute Gasteiger partial charge is 0.434 e. The number of nitrogens with zero attached hydrogens (tertiary/aromatic N) is 2. The van der Waals surface area contributed by atoms with E-state index in [1.807, 2.05) is 24.1 Å². The van der Waals surface area contributed by atoms with Crippen molar-refractivity contribution in [3.8, 4) is 12.3 Å². The zero-order valence-electron chi connectivity index (χ0n) is 17.3. The summed E-state index contributed by atoms with van der Waals surface area (Å²) in [5.74, 6) is 2.72. The van der Waals surface area contributed by atoms with E-state index in [1.54, 1.807) is 32.0 Å². The number of hydrogen-bond donors (Lipinski definition) is 0. The second-order valence-electron chi connectivity index (χ2n) is 7.19. The first-order chi connectivity index (χ1) is 13.9. The Hall–Kier alpha value is -2.82. The predicted octanol–water partition coefficient (Wildman–Crippen LogP) is 2.73. The molecule has 7 heteroatoms. The van der Waals surface area contributed by atoms with Crippen LogP contribution in [0.1, 0.15) is 36.5 Å². The van der Waals surface area contributed by atoms with E-state index in [4.69, 9.17) is 20.7 Å². The molecule has 2 aliphatic heterocycles. The van der Waals surface area contributed by atoms with E-state index in [2.05, 4.69) is 5.92 Å². The van der Waals surface area contributed by atoms with Crippen LogP contribution in [0.3, 0.4) is 0 Å². The van der Waals surface area contributed by atoms with Crippen LogP contribution in [0.2, 0.25) is 0 Å². The van der Waals surface area contributed by atoms with Gasteiger partial charge in [-0.3, -0.25) is 4.79 Å². The number of carbonyl (C=O) groups is 2. The highest BCUT2D eigenvalue weighted by molar-refractivity contribution is 6.24. The largest absolute Gasteiger partial charge is 0.513 e. The first-order valence-electron chi connectivity index (χ1n) is 9.62. The van der Waals surface area contributed by atoms with Crippen LogP contribution in [-0.2, 0) is 19.1 Å². The van der Waals surface area contributed by atoms with Crippen LogP contribution in [0.15, 0.2) is 24.0 Å². The highest BCUT2D eigenvalue weighted by Crippen LogP contribution is 2.46. The van der Waals surface area contributed by atoms with Crippen molar-refractivity contribution in [2.24, 2.45) is 0 Å². The third kappa shape index (κ3) is 3.61. The molecule has 3 rings (SSSR count). The van der Waals surface area contributed by atoms with Crippen LogP contribution in [0.5, 0.6) is 0 Å². The van der Waals surface area contributed by atoms with Crippen molar-refractivity contribution in [3.63, 3.8) is 0 Å². The number of aryl methyl sites for hydroxylation is 1. The Morgan fingerprint density at radius 1 is 1.31 bits per heavy atom. The van der Waals surface area contributed by atoms with Gasteiger partial charge in [0, 0.05) is 31.3 Å². The van der Waals surface area contributed by atoms with Crippen molar-refractivity contribution in [1.82, 2.24) is 9.96 Å². The Labute approximate surface area is 171 Å². The van der Waals surface area contributed by atoms with Gasteiger partial charge >= 0.3 is 6.16 Å². The maximum Gasteiger partial charge on any atom is 0.513 e. The summed E-state index contributed by atoms with van der Waals surface area (Å²) >= 11 is 0. The van der Waals surface area contributed by atoms with Crippen molar-refractivity contribution >= 4 is 17.6 Å². The molecular formula is C22H26N2O5. The number of hydroxylamine groups is 2. The fraction of sp³-hybridized carbons (Fsp3) is 0.455. The minimum Gasteiger partial charge on any atom is -0.434 e. The summed E-state index contributed by atoms with van der Waals surface area (Å²) in [4.78, 5) is 32.6. The predicted molar refractivity (Wildman–Crippen MR) is 107 cm³/mol. The number of piperidine rings is 1. The molecule has 0 saturated carbocycles. The molecule has 1 aromatic rings. The lowest BCUT2D eigenvalue weighted by Crippen LogP contribution is -2.53. The van der Waals surface area contributed by atoms with Crippen LogP contribution in [-0.4, -0.2) is 61.4 Å². The van der Waals surface area contributed by atoms with Crippen molar-refractivity contribution in [3.05, 3.63) is 40.6 Å². The summed E-state index contributed by atoms with van der Waals surface area (Å²) < 4.78 is 10.7. The maximum absolute atomic E-state index is 13.4. The molecule has 0 unspecified atom stereocenters. The van der Waals surface area contributed by atoms with Crippen molar-refractivity contribution in [2.45, 2.75) is 32.2 Å². The summed E-state index contributed by atoms with van der Waals surface area (Å²) in [5.41, 5.74) is 1.68. The first kappa shape index (κ1) is 20.9. The van der Waals surface area contributed by atoms with E-state index >= 15 is 0 Å². The fourth-order valence-corrected chi connectivity index (χ4v) is 4.05. The molecule has 2 heterocycles. The lowest BCUT2D eigenvalue weighted by Gasteiger charge is -2.43. The van der Waals surface area contributed by atoms with Gasteiger partial charge in [0.25, 0.3) is 5.91 Å².